The molecule has 1 aliphatic carbocycles. The monoisotopic (exact) mass is 420 g/mol. The molecule has 1 aromatic carbocycles. The van der Waals surface area contributed by atoms with Gasteiger partial charge < -0.3 is 10.7 Å². The van der Waals surface area contributed by atoms with Crippen molar-refractivity contribution in [1.82, 2.24) is 9.97 Å². The van der Waals surface area contributed by atoms with Gasteiger partial charge in [0.25, 0.3) is 0 Å². The number of aromatic nitrogens is 2. The van der Waals surface area contributed by atoms with Crippen molar-refractivity contribution < 1.29 is 4.79 Å². The van der Waals surface area contributed by atoms with Crippen LogP contribution in [0.3, 0.4) is 0 Å². The molecular weight excluding hydrogens is 404 g/mol. The van der Waals surface area contributed by atoms with Gasteiger partial charge in [0.15, 0.2) is 0 Å². The lowest BCUT2D eigenvalue weighted by Gasteiger charge is -2.29. The molecule has 0 spiro atoms. The number of benzene rings is 1. The molecule has 0 radical (unpaired) electrons. The van der Waals surface area contributed by atoms with E-state index in [1.807, 2.05) is 18.2 Å². The van der Waals surface area contributed by atoms with Gasteiger partial charge in [-0.05, 0) is 53.2 Å². The van der Waals surface area contributed by atoms with E-state index in [4.69, 9.17) is 17.0 Å². The Morgan fingerprint density at radius 1 is 1.20 bits per heavy atom. The number of carbonyl (C=O) groups is 1. The summed E-state index contributed by atoms with van der Waals surface area (Å²) in [6.07, 6.45) is 5.00. The molecule has 2 N–H and O–H groups in total. The smallest absolute Gasteiger partial charge is 0.224 e. The van der Waals surface area contributed by atoms with E-state index in [0.29, 0.717) is 11.4 Å². The number of hydrogen-bond donors (Lipinski definition) is 2. The molecule has 3 rings (SSSR count). The van der Waals surface area contributed by atoms with Crippen LogP contribution in [-0.4, -0.2) is 27.5 Å². The van der Waals surface area contributed by atoms with Crippen molar-refractivity contribution in [3.05, 3.63) is 51.8 Å². The summed E-state index contributed by atoms with van der Waals surface area (Å²) in [5.74, 6) is 0.532. The van der Waals surface area contributed by atoms with Gasteiger partial charge in [-0.15, -0.1) is 0 Å². The average molecular weight is 422 g/mol. The van der Waals surface area contributed by atoms with Crippen LogP contribution in [-0.2, 0) is 0 Å². The lowest BCUT2D eigenvalue weighted by atomic mass is 9.81. The van der Waals surface area contributed by atoms with Crippen LogP contribution in [0.2, 0.25) is 5.28 Å². The Kier molecular flexibility index (Phi) is 5.81. The highest BCUT2D eigenvalue weighted by Crippen LogP contribution is 2.30. The van der Waals surface area contributed by atoms with E-state index in [9.17, 15) is 4.79 Å². The molecule has 0 aliphatic heterocycles. The number of nitrogens with one attached hydrogen (secondary N) is 2. The maximum absolute atomic E-state index is 12.4. The van der Waals surface area contributed by atoms with E-state index in [2.05, 4.69) is 31.2 Å². The van der Waals surface area contributed by atoms with Crippen molar-refractivity contribution in [3.63, 3.8) is 0 Å². The first-order valence-electron chi connectivity index (χ1n) is 8.17. The van der Waals surface area contributed by atoms with Gasteiger partial charge in [-0.25, -0.2) is 4.98 Å². The lowest BCUT2D eigenvalue weighted by Crippen LogP contribution is -2.32. The zero-order chi connectivity index (χ0) is 17.8. The van der Waals surface area contributed by atoms with Crippen molar-refractivity contribution >= 4 is 44.8 Å². The third-order valence-electron chi connectivity index (χ3n) is 4.47. The van der Waals surface area contributed by atoms with Gasteiger partial charge in [-0.3, -0.25) is 4.79 Å². The number of rotatable bonds is 5. The first-order valence-corrected chi connectivity index (χ1v) is 9.34. The summed E-state index contributed by atoms with van der Waals surface area (Å²) in [5, 5.41) is 11.8. The average Bonchev–Trinajstić information content (AvgIpc) is 2.65. The van der Waals surface area contributed by atoms with E-state index in [1.165, 1.54) is 0 Å². The van der Waals surface area contributed by atoms with Crippen molar-refractivity contribution in [2.45, 2.75) is 31.7 Å². The van der Waals surface area contributed by atoms with Crippen LogP contribution in [0.4, 0.5) is 5.82 Å². The Labute approximate surface area is 159 Å². The maximum atomic E-state index is 12.4. The van der Waals surface area contributed by atoms with Crippen LogP contribution in [0.15, 0.2) is 41.0 Å². The van der Waals surface area contributed by atoms with E-state index in [-0.39, 0.29) is 28.7 Å². The molecule has 1 aliphatic rings. The molecule has 1 aromatic heterocycles. The molecule has 0 bridgehead atoms. The zero-order valence-electron chi connectivity index (χ0n) is 13.5. The van der Waals surface area contributed by atoms with E-state index < -0.39 is 0 Å². The summed E-state index contributed by atoms with van der Waals surface area (Å²) >= 11 is 9.26. The highest BCUT2D eigenvalue weighted by Gasteiger charge is 2.28. The molecule has 0 unspecified atom stereocenters. The number of ketones is 1. The minimum atomic E-state index is -0.165. The number of carbonyl (C=O) groups excluding carboxylic acids is 1. The standard InChI is InChI=1S/C18H18BrClN4O/c19-14-10-22-18(20)24-17(14)23-13-8-6-11(7-9-13)15(21)16(25)12-4-2-1-3-5-12/h1-5,10-11,13,21H,6-9H2,(H,22,23,24)/t11-,13+. The first kappa shape index (κ1) is 18.0. The second-order valence-electron chi connectivity index (χ2n) is 6.14. The molecule has 1 fully saturated rings. The lowest BCUT2D eigenvalue weighted by molar-refractivity contribution is 0.105. The van der Waals surface area contributed by atoms with Crippen molar-refractivity contribution in [2.24, 2.45) is 5.92 Å². The van der Waals surface area contributed by atoms with Crippen LogP contribution in [0.1, 0.15) is 36.0 Å². The highest BCUT2D eigenvalue weighted by molar-refractivity contribution is 9.10. The molecule has 25 heavy (non-hydrogen) atoms. The molecule has 7 heteroatoms. The molecule has 130 valence electrons. The van der Waals surface area contributed by atoms with Gasteiger partial charge in [0.1, 0.15) is 5.82 Å². The highest BCUT2D eigenvalue weighted by atomic mass is 79.9. The Hall–Kier alpha value is -1.79. The van der Waals surface area contributed by atoms with Crippen LogP contribution in [0.25, 0.3) is 0 Å². The normalized spacial score (nSPS) is 20.1. The van der Waals surface area contributed by atoms with Gasteiger partial charge in [0.2, 0.25) is 11.1 Å². The summed E-state index contributed by atoms with van der Waals surface area (Å²) in [6.45, 7) is 0. The number of nitrogens with zero attached hydrogens (tertiary/aromatic N) is 2. The van der Waals surface area contributed by atoms with Crippen molar-refractivity contribution in [1.29, 1.82) is 5.41 Å². The van der Waals surface area contributed by atoms with Crippen molar-refractivity contribution in [3.8, 4) is 0 Å². The molecule has 1 heterocycles. The Bertz CT molecular complexity index is 776. The van der Waals surface area contributed by atoms with Crippen LogP contribution in [0.5, 0.6) is 0 Å². The predicted molar refractivity (Wildman–Crippen MR) is 103 cm³/mol. The third kappa shape index (κ3) is 4.44. The summed E-state index contributed by atoms with van der Waals surface area (Å²) in [6, 6.07) is 9.30. The van der Waals surface area contributed by atoms with E-state index in [0.717, 1.165) is 30.2 Å². The number of anilines is 1. The zero-order valence-corrected chi connectivity index (χ0v) is 15.8. The van der Waals surface area contributed by atoms with Gasteiger partial charge >= 0.3 is 0 Å². The summed E-state index contributed by atoms with van der Waals surface area (Å²) in [7, 11) is 0. The molecule has 1 saturated carbocycles. The second-order valence-corrected chi connectivity index (χ2v) is 7.33. The summed E-state index contributed by atoms with van der Waals surface area (Å²) in [4.78, 5) is 20.5. The predicted octanol–water partition coefficient (Wildman–Crippen LogP) is 4.77. The minimum Gasteiger partial charge on any atom is -0.366 e. The number of Topliss-reactive ketones (excluding diaryl/α,β-unsaturated/α-hetero) is 1. The summed E-state index contributed by atoms with van der Waals surface area (Å²) < 4.78 is 0.769. The van der Waals surface area contributed by atoms with Gasteiger partial charge in [0.05, 0.1) is 10.2 Å². The van der Waals surface area contributed by atoms with E-state index in [1.54, 1.807) is 18.3 Å². The van der Waals surface area contributed by atoms with Gasteiger partial charge in [-0.2, -0.15) is 4.98 Å². The van der Waals surface area contributed by atoms with Crippen LogP contribution in [0, 0.1) is 11.3 Å². The topological polar surface area (TPSA) is 78.7 Å². The number of hydrogen-bond acceptors (Lipinski definition) is 5. The molecule has 2 aromatic rings. The minimum absolute atomic E-state index is 0.0168. The van der Waals surface area contributed by atoms with Crippen LogP contribution >= 0.6 is 27.5 Å². The Morgan fingerprint density at radius 2 is 1.88 bits per heavy atom. The van der Waals surface area contributed by atoms with Gasteiger partial charge in [-0.1, -0.05) is 30.3 Å². The van der Waals surface area contributed by atoms with Crippen LogP contribution < -0.4 is 5.32 Å². The summed E-state index contributed by atoms with van der Waals surface area (Å²) in [5.41, 5.74) is 0.809. The molecule has 0 atom stereocenters. The SMILES string of the molecule is N=C(C(=O)c1ccccc1)[C@H]1CC[C@@H](Nc2nc(Cl)ncc2Br)CC1. The Balaban J connectivity index is 1.57. The van der Waals surface area contributed by atoms with Crippen molar-refractivity contribution in [2.75, 3.05) is 5.32 Å². The van der Waals surface area contributed by atoms with E-state index >= 15 is 0 Å². The fourth-order valence-electron chi connectivity index (χ4n) is 3.10. The molecule has 5 nitrogen and oxygen atoms in total. The Morgan fingerprint density at radius 3 is 2.56 bits per heavy atom. The maximum Gasteiger partial charge on any atom is 0.224 e. The largest absolute Gasteiger partial charge is 0.366 e. The molecule has 0 amide bonds. The first-order chi connectivity index (χ1) is 12.0. The number of halogens is 2. The molecule has 0 saturated heterocycles. The third-order valence-corrected chi connectivity index (χ3v) is 5.23. The fraction of sp³-hybridized carbons (Fsp3) is 0.333. The molecular formula is C18H18BrClN4O. The van der Waals surface area contributed by atoms with Gasteiger partial charge in [0, 0.05) is 23.7 Å². The second kappa shape index (κ2) is 8.06. The fourth-order valence-corrected chi connectivity index (χ4v) is 3.54. The quantitative estimate of drug-likeness (QED) is 0.414.